The molecule has 0 bridgehead atoms. The van der Waals surface area contributed by atoms with Crippen molar-refractivity contribution >= 4 is 0 Å². The molecule has 0 unspecified atom stereocenters. The van der Waals surface area contributed by atoms with Crippen molar-refractivity contribution in [2.45, 2.75) is 26.2 Å². The molecule has 0 nitrogen and oxygen atoms in total. The van der Waals surface area contributed by atoms with Crippen LogP contribution in [0.25, 0.3) is 11.1 Å². The molecule has 0 radical (unpaired) electrons. The third kappa shape index (κ3) is 2.84. The second-order valence-electron chi connectivity index (χ2n) is 4.64. The molecule has 0 saturated heterocycles. The molecule has 0 amide bonds. The van der Waals surface area contributed by atoms with Crippen molar-refractivity contribution in [3.63, 3.8) is 0 Å². The minimum Gasteiger partial charge on any atom is -0.204 e. The Labute approximate surface area is 115 Å². The molecule has 0 aromatic heterocycles. The Morgan fingerprint density at radius 3 is 1.90 bits per heavy atom. The zero-order valence-electron chi connectivity index (χ0n) is 11.0. The third-order valence-electron chi connectivity index (χ3n) is 3.17. The molecule has 0 aliphatic rings. The van der Waals surface area contributed by atoms with E-state index in [0.717, 1.165) is 24.8 Å². The van der Waals surface area contributed by atoms with E-state index >= 15 is 0 Å². The van der Waals surface area contributed by atoms with Crippen LogP contribution in [0.4, 0.5) is 17.6 Å². The van der Waals surface area contributed by atoms with Gasteiger partial charge in [-0.2, -0.15) is 0 Å². The van der Waals surface area contributed by atoms with Crippen LogP contribution in [0, 0.1) is 23.3 Å². The number of rotatable bonds is 4. The van der Waals surface area contributed by atoms with Crippen molar-refractivity contribution in [1.82, 2.24) is 0 Å². The fraction of sp³-hybridized carbons (Fsp3) is 0.250. The molecule has 4 heteroatoms. The average molecular weight is 282 g/mol. The van der Waals surface area contributed by atoms with Crippen LogP contribution in [0.3, 0.4) is 0 Å². The highest BCUT2D eigenvalue weighted by Gasteiger charge is 2.20. The van der Waals surface area contributed by atoms with Crippen molar-refractivity contribution in [3.8, 4) is 11.1 Å². The van der Waals surface area contributed by atoms with Crippen LogP contribution in [0.1, 0.15) is 25.3 Å². The molecule has 0 aliphatic heterocycles. The zero-order chi connectivity index (χ0) is 14.7. The van der Waals surface area contributed by atoms with Crippen LogP contribution in [0.2, 0.25) is 0 Å². The Morgan fingerprint density at radius 2 is 1.40 bits per heavy atom. The summed E-state index contributed by atoms with van der Waals surface area (Å²) in [5, 5.41) is 0. The molecule has 2 aromatic rings. The Hall–Kier alpha value is -1.84. The molecular formula is C16H14F4. The fourth-order valence-electron chi connectivity index (χ4n) is 2.05. The van der Waals surface area contributed by atoms with Crippen LogP contribution in [-0.2, 0) is 6.42 Å². The van der Waals surface area contributed by atoms with Gasteiger partial charge in [-0.15, -0.1) is 0 Å². The number of hydrogen-bond donors (Lipinski definition) is 0. The summed E-state index contributed by atoms with van der Waals surface area (Å²) in [6, 6.07) is 6.60. The summed E-state index contributed by atoms with van der Waals surface area (Å²) in [5.74, 6) is -5.53. The van der Waals surface area contributed by atoms with E-state index in [1.54, 1.807) is 12.1 Å². The van der Waals surface area contributed by atoms with Crippen LogP contribution in [0.15, 0.2) is 30.3 Å². The molecule has 0 aliphatic carbocycles. The Balaban J connectivity index is 2.42. The number of aryl methyl sites for hydroxylation is 1. The van der Waals surface area contributed by atoms with Gasteiger partial charge in [0.25, 0.3) is 0 Å². The highest BCUT2D eigenvalue weighted by Crippen LogP contribution is 2.29. The van der Waals surface area contributed by atoms with E-state index < -0.39 is 28.8 Å². The van der Waals surface area contributed by atoms with Gasteiger partial charge in [-0.05, 0) is 24.0 Å². The maximum absolute atomic E-state index is 13.6. The molecule has 0 saturated carbocycles. The summed E-state index contributed by atoms with van der Waals surface area (Å²) in [6.07, 6.45) is 2.91. The number of hydrogen-bond acceptors (Lipinski definition) is 0. The quantitative estimate of drug-likeness (QED) is 0.530. The normalized spacial score (nSPS) is 10.8. The van der Waals surface area contributed by atoms with E-state index in [1.807, 2.05) is 0 Å². The fourth-order valence-corrected chi connectivity index (χ4v) is 2.05. The highest BCUT2D eigenvalue weighted by molar-refractivity contribution is 5.65. The monoisotopic (exact) mass is 282 g/mol. The van der Waals surface area contributed by atoms with Gasteiger partial charge in [-0.1, -0.05) is 37.6 Å². The molecule has 106 valence electrons. The van der Waals surface area contributed by atoms with Crippen molar-refractivity contribution < 1.29 is 17.6 Å². The van der Waals surface area contributed by atoms with Gasteiger partial charge < -0.3 is 0 Å². The summed E-state index contributed by atoms with van der Waals surface area (Å²) in [7, 11) is 0. The van der Waals surface area contributed by atoms with E-state index in [0.29, 0.717) is 0 Å². The van der Waals surface area contributed by atoms with Gasteiger partial charge in [0.2, 0.25) is 0 Å². The molecule has 0 spiro atoms. The summed E-state index contributed by atoms with van der Waals surface area (Å²) < 4.78 is 53.6. The zero-order valence-corrected chi connectivity index (χ0v) is 11.0. The number of benzene rings is 2. The van der Waals surface area contributed by atoms with Crippen LogP contribution >= 0.6 is 0 Å². The Bertz CT molecular complexity index is 577. The average Bonchev–Trinajstić information content (AvgIpc) is 2.44. The summed E-state index contributed by atoms with van der Waals surface area (Å²) in [5.41, 5.74) is 0.483. The first-order valence-electron chi connectivity index (χ1n) is 6.47. The lowest BCUT2D eigenvalue weighted by Crippen LogP contribution is -1.98. The van der Waals surface area contributed by atoms with Crippen molar-refractivity contribution in [1.29, 1.82) is 0 Å². The number of unbranched alkanes of at least 4 members (excludes halogenated alkanes) is 1. The molecule has 2 rings (SSSR count). The lowest BCUT2D eigenvalue weighted by Gasteiger charge is -2.08. The topological polar surface area (TPSA) is 0 Å². The smallest absolute Gasteiger partial charge is 0.169 e. The van der Waals surface area contributed by atoms with Gasteiger partial charge in [0.05, 0.1) is 5.56 Å². The van der Waals surface area contributed by atoms with Crippen molar-refractivity contribution in [2.24, 2.45) is 0 Å². The van der Waals surface area contributed by atoms with E-state index in [-0.39, 0.29) is 11.6 Å². The predicted octanol–water partition coefficient (Wildman–Crippen LogP) is 5.25. The first kappa shape index (κ1) is 14.6. The molecule has 0 N–H and O–H groups in total. The number of halogens is 4. The van der Waals surface area contributed by atoms with Gasteiger partial charge >= 0.3 is 0 Å². The van der Waals surface area contributed by atoms with E-state index in [4.69, 9.17) is 0 Å². The van der Waals surface area contributed by atoms with Gasteiger partial charge in [0.1, 0.15) is 0 Å². The maximum atomic E-state index is 13.6. The van der Waals surface area contributed by atoms with Gasteiger partial charge in [-0.25, -0.2) is 17.6 Å². The Kier molecular flexibility index (Phi) is 4.42. The second-order valence-corrected chi connectivity index (χ2v) is 4.64. The molecular weight excluding hydrogens is 268 g/mol. The predicted molar refractivity (Wildman–Crippen MR) is 70.3 cm³/mol. The van der Waals surface area contributed by atoms with E-state index in [2.05, 4.69) is 6.92 Å². The molecule has 0 atom stereocenters. The van der Waals surface area contributed by atoms with Crippen molar-refractivity contribution in [2.75, 3.05) is 0 Å². The first-order valence-corrected chi connectivity index (χ1v) is 6.47. The van der Waals surface area contributed by atoms with Crippen LogP contribution in [-0.4, -0.2) is 0 Å². The summed E-state index contributed by atoms with van der Waals surface area (Å²) in [6.45, 7) is 2.06. The summed E-state index contributed by atoms with van der Waals surface area (Å²) in [4.78, 5) is 0. The summed E-state index contributed by atoms with van der Waals surface area (Å²) >= 11 is 0. The Morgan fingerprint density at radius 1 is 0.850 bits per heavy atom. The SMILES string of the molecule is CCCCc1ccc(-c2c(F)c(F)cc(F)c2F)cc1. The van der Waals surface area contributed by atoms with E-state index in [9.17, 15) is 17.6 Å². The van der Waals surface area contributed by atoms with Crippen molar-refractivity contribution in [3.05, 3.63) is 59.2 Å². The maximum Gasteiger partial charge on any atom is 0.169 e. The minimum absolute atomic E-state index is 0.124. The standard InChI is InChI=1S/C16H14F4/c1-2-3-4-10-5-7-11(8-6-10)14-15(19)12(17)9-13(18)16(14)20/h5-9H,2-4H2,1H3. The lowest BCUT2D eigenvalue weighted by molar-refractivity contribution is 0.458. The highest BCUT2D eigenvalue weighted by atomic mass is 19.2. The van der Waals surface area contributed by atoms with Gasteiger partial charge in [0.15, 0.2) is 23.3 Å². The van der Waals surface area contributed by atoms with E-state index in [1.165, 1.54) is 12.1 Å². The molecule has 0 fully saturated rings. The molecule has 20 heavy (non-hydrogen) atoms. The van der Waals surface area contributed by atoms with Gasteiger partial charge in [0, 0.05) is 6.07 Å². The minimum atomic E-state index is -1.39. The molecule has 0 heterocycles. The third-order valence-corrected chi connectivity index (χ3v) is 3.17. The van der Waals surface area contributed by atoms with Crippen LogP contribution in [0.5, 0.6) is 0 Å². The van der Waals surface area contributed by atoms with Crippen LogP contribution < -0.4 is 0 Å². The largest absolute Gasteiger partial charge is 0.204 e. The first-order chi connectivity index (χ1) is 9.54. The second kappa shape index (κ2) is 6.07. The molecule has 2 aromatic carbocycles. The lowest BCUT2D eigenvalue weighted by atomic mass is 10.0. The van der Waals surface area contributed by atoms with Gasteiger partial charge in [-0.3, -0.25) is 0 Å².